The lowest BCUT2D eigenvalue weighted by Crippen LogP contribution is -2.29. The number of nitrogens with one attached hydrogen (secondary N) is 1. The summed E-state index contributed by atoms with van der Waals surface area (Å²) in [5.74, 6) is -0.449. The van der Waals surface area contributed by atoms with Gasteiger partial charge in [0.1, 0.15) is 0 Å². The average molecular weight is 472 g/mol. The minimum absolute atomic E-state index is 0.0462. The molecule has 3 heterocycles. The molecule has 0 radical (unpaired) electrons. The van der Waals surface area contributed by atoms with Crippen molar-refractivity contribution in [3.63, 3.8) is 0 Å². The number of amides is 1. The molecule has 0 atom stereocenters. The second-order valence-electron chi connectivity index (χ2n) is 7.69. The molecule has 0 bridgehead atoms. The van der Waals surface area contributed by atoms with Gasteiger partial charge in [0.15, 0.2) is 5.69 Å². The molecular formula is C20H23F3N4O4S. The third kappa shape index (κ3) is 4.52. The number of halogens is 3. The van der Waals surface area contributed by atoms with Gasteiger partial charge < -0.3 is 10.1 Å². The van der Waals surface area contributed by atoms with Gasteiger partial charge in [0.25, 0.3) is 5.91 Å². The van der Waals surface area contributed by atoms with E-state index < -0.39 is 27.8 Å². The summed E-state index contributed by atoms with van der Waals surface area (Å²) < 4.78 is 72.6. The van der Waals surface area contributed by atoms with E-state index in [1.165, 1.54) is 33.3 Å². The lowest BCUT2D eigenvalue weighted by Gasteiger charge is -2.16. The first kappa shape index (κ1) is 22.7. The second kappa shape index (κ2) is 8.83. The summed E-state index contributed by atoms with van der Waals surface area (Å²) in [5, 5.41) is 6.34. The van der Waals surface area contributed by atoms with Crippen molar-refractivity contribution in [1.29, 1.82) is 0 Å². The van der Waals surface area contributed by atoms with Crippen LogP contribution in [0.25, 0.3) is 0 Å². The van der Waals surface area contributed by atoms with Crippen LogP contribution in [0.4, 0.5) is 13.2 Å². The van der Waals surface area contributed by atoms with Crippen molar-refractivity contribution >= 4 is 15.9 Å². The smallest absolute Gasteiger partial charge is 0.376 e. The van der Waals surface area contributed by atoms with Crippen LogP contribution in [0.15, 0.2) is 29.2 Å². The van der Waals surface area contributed by atoms with Gasteiger partial charge in [-0.05, 0) is 37.1 Å². The number of alkyl halides is 3. The number of hydrogen-bond donors (Lipinski definition) is 1. The first-order valence-electron chi connectivity index (χ1n) is 10.3. The Morgan fingerprint density at radius 1 is 1.16 bits per heavy atom. The highest BCUT2D eigenvalue weighted by Gasteiger charge is 2.39. The fraction of sp³-hybridized carbons (Fsp3) is 0.500. The SMILES string of the molecule is O=C(NCCn1nc(C(F)(F)F)c2c1CCOC2)c1ccc(S(=O)(=O)N2CCCC2)cc1. The maximum atomic E-state index is 13.2. The molecule has 2 aliphatic heterocycles. The second-order valence-corrected chi connectivity index (χ2v) is 9.63. The van der Waals surface area contributed by atoms with Gasteiger partial charge in [-0.2, -0.15) is 22.6 Å². The summed E-state index contributed by atoms with van der Waals surface area (Å²) in [6.45, 7) is 1.30. The number of hydrogen-bond acceptors (Lipinski definition) is 5. The fourth-order valence-corrected chi connectivity index (χ4v) is 5.47. The minimum Gasteiger partial charge on any atom is -0.376 e. The topological polar surface area (TPSA) is 93.5 Å². The highest BCUT2D eigenvalue weighted by molar-refractivity contribution is 7.89. The summed E-state index contributed by atoms with van der Waals surface area (Å²) in [5.41, 5.74) is -0.176. The third-order valence-corrected chi connectivity index (χ3v) is 7.51. The third-order valence-electron chi connectivity index (χ3n) is 5.59. The largest absolute Gasteiger partial charge is 0.435 e. The van der Waals surface area contributed by atoms with Crippen LogP contribution in [-0.2, 0) is 40.5 Å². The van der Waals surface area contributed by atoms with Gasteiger partial charge in [0, 0.05) is 42.9 Å². The van der Waals surface area contributed by atoms with Crippen molar-refractivity contribution in [2.24, 2.45) is 0 Å². The van der Waals surface area contributed by atoms with Crippen LogP contribution in [0.5, 0.6) is 0 Å². The number of aromatic nitrogens is 2. The first-order chi connectivity index (χ1) is 15.2. The molecule has 12 heteroatoms. The highest BCUT2D eigenvalue weighted by atomic mass is 32.2. The molecule has 1 amide bonds. The van der Waals surface area contributed by atoms with E-state index >= 15 is 0 Å². The molecule has 0 aliphatic carbocycles. The molecular weight excluding hydrogens is 449 g/mol. The minimum atomic E-state index is -4.57. The Morgan fingerprint density at radius 2 is 1.84 bits per heavy atom. The fourth-order valence-electron chi connectivity index (χ4n) is 3.95. The van der Waals surface area contributed by atoms with Gasteiger partial charge >= 0.3 is 6.18 Å². The summed E-state index contributed by atoms with van der Waals surface area (Å²) in [6.07, 6.45) is -2.59. The number of rotatable bonds is 6. The molecule has 0 spiro atoms. The molecule has 1 aromatic carbocycles. The van der Waals surface area contributed by atoms with Crippen LogP contribution < -0.4 is 5.32 Å². The van der Waals surface area contributed by atoms with E-state index in [9.17, 15) is 26.4 Å². The van der Waals surface area contributed by atoms with Crippen molar-refractivity contribution in [3.05, 3.63) is 46.8 Å². The molecule has 2 aliphatic rings. The number of benzene rings is 1. The van der Waals surface area contributed by atoms with Crippen molar-refractivity contribution in [3.8, 4) is 0 Å². The van der Waals surface area contributed by atoms with Gasteiger partial charge in [-0.25, -0.2) is 8.42 Å². The van der Waals surface area contributed by atoms with Crippen molar-refractivity contribution in [1.82, 2.24) is 19.4 Å². The summed E-state index contributed by atoms with van der Waals surface area (Å²) in [6, 6.07) is 5.63. The molecule has 1 N–H and O–H groups in total. The number of carbonyl (C=O) groups excluding carboxylic acids is 1. The molecule has 174 valence electrons. The molecule has 1 fully saturated rings. The molecule has 1 saturated heterocycles. The van der Waals surface area contributed by atoms with E-state index in [-0.39, 0.29) is 35.7 Å². The number of sulfonamides is 1. The normalized spacial score (nSPS) is 17.3. The van der Waals surface area contributed by atoms with Crippen LogP contribution >= 0.6 is 0 Å². The lowest BCUT2D eigenvalue weighted by atomic mass is 10.1. The Bertz CT molecular complexity index is 1090. The molecule has 1 aromatic heterocycles. The van der Waals surface area contributed by atoms with Crippen LogP contribution in [0, 0.1) is 0 Å². The van der Waals surface area contributed by atoms with E-state index in [0.717, 1.165) is 12.8 Å². The molecule has 4 rings (SSSR count). The average Bonchev–Trinajstić information content (AvgIpc) is 3.43. The van der Waals surface area contributed by atoms with Crippen LogP contribution in [0.1, 0.15) is 40.2 Å². The zero-order valence-electron chi connectivity index (χ0n) is 17.2. The Morgan fingerprint density at radius 3 is 2.50 bits per heavy atom. The number of nitrogens with zero attached hydrogens (tertiary/aromatic N) is 3. The molecule has 0 saturated carbocycles. The Hall–Kier alpha value is -2.44. The quantitative estimate of drug-likeness (QED) is 0.696. The van der Waals surface area contributed by atoms with Gasteiger partial charge in [-0.15, -0.1) is 0 Å². The zero-order chi connectivity index (χ0) is 22.9. The van der Waals surface area contributed by atoms with E-state index in [1.807, 2.05) is 0 Å². The monoisotopic (exact) mass is 472 g/mol. The zero-order valence-corrected chi connectivity index (χ0v) is 18.0. The van der Waals surface area contributed by atoms with Crippen molar-refractivity contribution in [2.75, 3.05) is 26.2 Å². The standard InChI is InChI=1S/C20H23F3N4O4S/c21-20(22,23)18-16-13-31-12-7-17(16)27(25-18)11-8-24-19(28)14-3-5-15(6-4-14)32(29,30)26-9-1-2-10-26/h3-6H,1-2,7-13H2,(H,24,28). The maximum Gasteiger partial charge on any atom is 0.435 e. The van der Waals surface area contributed by atoms with Crippen LogP contribution in [0.3, 0.4) is 0 Å². The molecule has 32 heavy (non-hydrogen) atoms. The highest BCUT2D eigenvalue weighted by Crippen LogP contribution is 2.34. The van der Waals surface area contributed by atoms with E-state index in [0.29, 0.717) is 31.8 Å². The summed E-state index contributed by atoms with van der Waals surface area (Å²) in [7, 11) is -3.56. The number of ether oxygens (including phenoxy) is 1. The summed E-state index contributed by atoms with van der Waals surface area (Å²) >= 11 is 0. The van der Waals surface area contributed by atoms with Gasteiger partial charge in [-0.1, -0.05) is 0 Å². The van der Waals surface area contributed by atoms with E-state index in [4.69, 9.17) is 4.74 Å². The molecule has 8 nitrogen and oxygen atoms in total. The van der Waals surface area contributed by atoms with Gasteiger partial charge in [-0.3, -0.25) is 9.48 Å². The maximum absolute atomic E-state index is 13.2. The Balaban J connectivity index is 1.39. The number of carbonyl (C=O) groups is 1. The molecule has 2 aromatic rings. The van der Waals surface area contributed by atoms with E-state index in [1.54, 1.807) is 0 Å². The Kier molecular flexibility index (Phi) is 6.28. The van der Waals surface area contributed by atoms with Crippen molar-refractivity contribution < 1.29 is 31.1 Å². The van der Waals surface area contributed by atoms with Crippen LogP contribution in [0.2, 0.25) is 0 Å². The summed E-state index contributed by atoms with van der Waals surface area (Å²) in [4.78, 5) is 12.5. The Labute approximate surface area is 183 Å². The predicted molar refractivity (Wildman–Crippen MR) is 107 cm³/mol. The van der Waals surface area contributed by atoms with Crippen LogP contribution in [-0.4, -0.2) is 54.7 Å². The lowest BCUT2D eigenvalue weighted by molar-refractivity contribution is -0.142. The number of fused-ring (bicyclic) bond motifs is 1. The van der Waals surface area contributed by atoms with Gasteiger partial charge in [0.05, 0.1) is 24.7 Å². The van der Waals surface area contributed by atoms with Gasteiger partial charge in [0.2, 0.25) is 10.0 Å². The first-order valence-corrected chi connectivity index (χ1v) is 11.7. The van der Waals surface area contributed by atoms with E-state index in [2.05, 4.69) is 10.4 Å². The molecule has 0 unspecified atom stereocenters. The predicted octanol–water partition coefficient (Wildman–Crippen LogP) is 2.19. The van der Waals surface area contributed by atoms with Crippen molar-refractivity contribution in [2.45, 2.75) is 43.5 Å².